The van der Waals surface area contributed by atoms with Gasteiger partial charge in [-0.1, -0.05) is 27.7 Å². The summed E-state index contributed by atoms with van der Waals surface area (Å²) >= 11 is 0. The molecule has 2 rings (SSSR count). The molecule has 2 amide bonds. The predicted octanol–water partition coefficient (Wildman–Crippen LogP) is 1.71. The second-order valence-electron chi connectivity index (χ2n) is 7.34. The first-order chi connectivity index (χ1) is 9.75. The number of carbonyl (C=O) groups excluding carboxylic acids is 2. The maximum atomic E-state index is 13.0. The van der Waals surface area contributed by atoms with Crippen LogP contribution in [-0.4, -0.2) is 47.6 Å². The normalized spacial score (nSPS) is 34.8. The Hall–Kier alpha value is -1.10. The third-order valence-electron chi connectivity index (χ3n) is 4.53. The van der Waals surface area contributed by atoms with Crippen molar-refractivity contribution in [1.82, 2.24) is 10.2 Å². The lowest BCUT2D eigenvalue weighted by Gasteiger charge is -2.48. The van der Waals surface area contributed by atoms with E-state index in [9.17, 15) is 9.59 Å². The van der Waals surface area contributed by atoms with Crippen molar-refractivity contribution in [2.45, 2.75) is 78.1 Å². The van der Waals surface area contributed by atoms with Crippen molar-refractivity contribution >= 4 is 11.8 Å². The minimum atomic E-state index is -0.439. The predicted molar refractivity (Wildman–Crippen MR) is 80.7 cm³/mol. The molecular weight excluding hydrogens is 268 g/mol. The van der Waals surface area contributed by atoms with E-state index in [1.807, 2.05) is 39.5 Å². The minimum Gasteiger partial charge on any atom is -0.378 e. The molecule has 2 aliphatic rings. The topological polar surface area (TPSA) is 58.6 Å². The van der Waals surface area contributed by atoms with Gasteiger partial charge in [0.1, 0.15) is 12.1 Å². The Balaban J connectivity index is 2.28. The molecule has 2 saturated heterocycles. The van der Waals surface area contributed by atoms with Crippen LogP contribution in [0.15, 0.2) is 0 Å². The average molecular weight is 296 g/mol. The van der Waals surface area contributed by atoms with Crippen LogP contribution in [0.1, 0.15) is 53.9 Å². The lowest BCUT2D eigenvalue weighted by molar-refractivity contribution is -0.158. The number of hydrogen-bond acceptors (Lipinski definition) is 3. The number of rotatable bonds is 2. The van der Waals surface area contributed by atoms with Crippen LogP contribution >= 0.6 is 0 Å². The van der Waals surface area contributed by atoms with Crippen LogP contribution in [0, 0.1) is 5.41 Å². The largest absolute Gasteiger partial charge is 0.378 e. The zero-order valence-corrected chi connectivity index (χ0v) is 13.8. The summed E-state index contributed by atoms with van der Waals surface area (Å²) in [5.41, 5.74) is -0.277. The van der Waals surface area contributed by atoms with E-state index in [4.69, 9.17) is 4.74 Å². The summed E-state index contributed by atoms with van der Waals surface area (Å²) in [6, 6.07) is -0.667. The number of hydrogen-bond donors (Lipinski definition) is 1. The Bertz CT molecular complexity index is 416. The van der Waals surface area contributed by atoms with E-state index < -0.39 is 6.04 Å². The van der Waals surface area contributed by atoms with Gasteiger partial charge >= 0.3 is 0 Å². The van der Waals surface area contributed by atoms with Gasteiger partial charge in [0, 0.05) is 12.6 Å². The van der Waals surface area contributed by atoms with Gasteiger partial charge in [0.2, 0.25) is 11.8 Å². The van der Waals surface area contributed by atoms with E-state index in [0.717, 1.165) is 12.8 Å². The molecule has 5 nitrogen and oxygen atoms in total. The molecule has 0 saturated carbocycles. The van der Waals surface area contributed by atoms with Crippen molar-refractivity contribution in [3.05, 3.63) is 0 Å². The first kappa shape index (κ1) is 16.3. The average Bonchev–Trinajstić information content (AvgIpc) is 2.39. The Morgan fingerprint density at radius 1 is 1.33 bits per heavy atom. The number of piperazine rings is 1. The SMILES string of the molecule is CCC1C(=O)NC(C(C)(C)C)C(=O)N1C1CCOC(C)C1. The van der Waals surface area contributed by atoms with Crippen LogP contribution in [0.2, 0.25) is 0 Å². The summed E-state index contributed by atoms with van der Waals surface area (Å²) in [5.74, 6) is 0.0456. The van der Waals surface area contributed by atoms with Crippen LogP contribution in [0.3, 0.4) is 0 Å². The molecule has 2 aliphatic heterocycles. The molecule has 4 atom stereocenters. The highest BCUT2D eigenvalue weighted by molar-refractivity contribution is 5.97. The second kappa shape index (κ2) is 5.95. The number of nitrogens with one attached hydrogen (secondary N) is 1. The van der Waals surface area contributed by atoms with E-state index in [1.54, 1.807) is 0 Å². The van der Waals surface area contributed by atoms with E-state index >= 15 is 0 Å². The molecule has 120 valence electrons. The fourth-order valence-corrected chi connectivity index (χ4v) is 3.36. The summed E-state index contributed by atoms with van der Waals surface area (Å²) in [6.45, 7) is 10.6. The molecule has 0 aromatic carbocycles. The summed E-state index contributed by atoms with van der Waals surface area (Å²) < 4.78 is 5.59. The zero-order chi connectivity index (χ0) is 15.8. The highest BCUT2D eigenvalue weighted by Crippen LogP contribution is 2.30. The first-order valence-corrected chi connectivity index (χ1v) is 7.99. The highest BCUT2D eigenvalue weighted by Gasteiger charge is 2.47. The number of amides is 2. The van der Waals surface area contributed by atoms with Gasteiger partial charge in [0.05, 0.1) is 6.10 Å². The van der Waals surface area contributed by atoms with E-state index in [0.29, 0.717) is 13.0 Å². The standard InChI is InChI=1S/C16H28N2O3/c1-6-12-14(19)17-13(16(3,4)5)15(20)18(12)11-7-8-21-10(2)9-11/h10-13H,6-9H2,1-5H3,(H,17,19). The van der Waals surface area contributed by atoms with Gasteiger partial charge in [-0.25, -0.2) is 0 Å². The fraction of sp³-hybridized carbons (Fsp3) is 0.875. The molecule has 5 heteroatoms. The van der Waals surface area contributed by atoms with Crippen molar-refractivity contribution in [2.24, 2.45) is 5.41 Å². The highest BCUT2D eigenvalue weighted by atomic mass is 16.5. The molecule has 0 radical (unpaired) electrons. The molecule has 2 fully saturated rings. The van der Waals surface area contributed by atoms with E-state index in [1.165, 1.54) is 0 Å². The van der Waals surface area contributed by atoms with Crippen molar-refractivity contribution in [2.75, 3.05) is 6.61 Å². The summed E-state index contributed by atoms with van der Waals surface area (Å²) in [6.07, 6.45) is 2.43. The monoisotopic (exact) mass is 296 g/mol. The van der Waals surface area contributed by atoms with E-state index in [2.05, 4.69) is 5.32 Å². The molecule has 0 aliphatic carbocycles. The third kappa shape index (κ3) is 3.23. The first-order valence-electron chi connectivity index (χ1n) is 7.99. The summed E-state index contributed by atoms with van der Waals surface area (Å²) in [7, 11) is 0. The van der Waals surface area contributed by atoms with Gasteiger partial charge in [-0.15, -0.1) is 0 Å². The Kier molecular flexibility index (Phi) is 4.61. The van der Waals surface area contributed by atoms with Gasteiger partial charge in [-0.3, -0.25) is 9.59 Å². The number of nitrogens with zero attached hydrogens (tertiary/aromatic N) is 1. The van der Waals surface area contributed by atoms with Gasteiger partial charge in [0.15, 0.2) is 0 Å². The molecule has 0 spiro atoms. The van der Waals surface area contributed by atoms with Crippen molar-refractivity contribution in [3.63, 3.8) is 0 Å². The molecule has 0 aromatic heterocycles. The molecule has 21 heavy (non-hydrogen) atoms. The molecule has 0 bridgehead atoms. The number of ether oxygens (including phenoxy) is 1. The minimum absolute atomic E-state index is 0.0174. The zero-order valence-electron chi connectivity index (χ0n) is 13.8. The van der Waals surface area contributed by atoms with Gasteiger partial charge in [-0.05, 0) is 31.6 Å². The van der Waals surface area contributed by atoms with Crippen LogP contribution in [-0.2, 0) is 14.3 Å². The van der Waals surface area contributed by atoms with Gasteiger partial charge in [0.25, 0.3) is 0 Å². The van der Waals surface area contributed by atoms with Crippen molar-refractivity contribution in [3.8, 4) is 0 Å². The lowest BCUT2D eigenvalue weighted by atomic mass is 9.82. The summed E-state index contributed by atoms with van der Waals surface area (Å²) in [4.78, 5) is 27.2. The van der Waals surface area contributed by atoms with Gasteiger partial charge in [-0.2, -0.15) is 0 Å². The fourth-order valence-electron chi connectivity index (χ4n) is 3.36. The van der Waals surface area contributed by atoms with E-state index in [-0.39, 0.29) is 35.4 Å². The number of carbonyl (C=O) groups is 2. The van der Waals surface area contributed by atoms with Crippen molar-refractivity contribution in [1.29, 1.82) is 0 Å². The molecule has 4 unspecified atom stereocenters. The Morgan fingerprint density at radius 3 is 2.52 bits per heavy atom. The molecule has 1 N–H and O–H groups in total. The Morgan fingerprint density at radius 2 is 2.00 bits per heavy atom. The molecule has 0 aromatic rings. The van der Waals surface area contributed by atoms with Crippen LogP contribution in [0.25, 0.3) is 0 Å². The third-order valence-corrected chi connectivity index (χ3v) is 4.53. The van der Waals surface area contributed by atoms with Gasteiger partial charge < -0.3 is 15.0 Å². The maximum absolute atomic E-state index is 13.0. The quantitative estimate of drug-likeness (QED) is 0.844. The Labute approximate surface area is 127 Å². The second-order valence-corrected chi connectivity index (χ2v) is 7.34. The molecule has 2 heterocycles. The molecular formula is C16H28N2O3. The van der Waals surface area contributed by atoms with Crippen LogP contribution < -0.4 is 5.32 Å². The summed E-state index contributed by atoms with van der Waals surface area (Å²) in [5, 5.41) is 2.93. The van der Waals surface area contributed by atoms with Crippen molar-refractivity contribution < 1.29 is 14.3 Å². The van der Waals surface area contributed by atoms with Crippen LogP contribution in [0.5, 0.6) is 0 Å². The van der Waals surface area contributed by atoms with Crippen LogP contribution in [0.4, 0.5) is 0 Å². The lowest BCUT2D eigenvalue weighted by Crippen LogP contribution is -2.69. The maximum Gasteiger partial charge on any atom is 0.246 e. The smallest absolute Gasteiger partial charge is 0.246 e.